The normalized spacial score (nSPS) is 19.2. The Morgan fingerprint density at radius 1 is 1.61 bits per heavy atom. The van der Waals surface area contributed by atoms with Crippen molar-refractivity contribution in [3.05, 3.63) is 23.9 Å². The van der Waals surface area contributed by atoms with Crippen LogP contribution in [0.25, 0.3) is 0 Å². The summed E-state index contributed by atoms with van der Waals surface area (Å²) in [6.45, 7) is 3.76. The van der Waals surface area contributed by atoms with Gasteiger partial charge < -0.3 is 4.84 Å². The summed E-state index contributed by atoms with van der Waals surface area (Å²) in [7, 11) is 0. The molecule has 92 valence electrons. The van der Waals surface area contributed by atoms with Crippen LogP contribution >= 0.6 is 0 Å². The van der Waals surface area contributed by atoms with Gasteiger partial charge in [0.25, 0.3) is 0 Å². The van der Waals surface area contributed by atoms with E-state index in [1.165, 1.54) is 6.20 Å². The number of nitriles is 1. The zero-order chi connectivity index (χ0) is 13.0. The first-order chi connectivity index (χ1) is 8.74. The van der Waals surface area contributed by atoms with Crippen LogP contribution in [-0.4, -0.2) is 30.3 Å². The van der Waals surface area contributed by atoms with Crippen LogP contribution in [0.4, 0.5) is 5.82 Å². The third-order valence-corrected chi connectivity index (χ3v) is 2.76. The molecule has 0 radical (unpaired) electrons. The summed E-state index contributed by atoms with van der Waals surface area (Å²) in [4.78, 5) is 22.6. The molecule has 0 saturated carbocycles. The second-order valence-corrected chi connectivity index (χ2v) is 3.91. The molecule has 6 nitrogen and oxygen atoms in total. The van der Waals surface area contributed by atoms with Crippen molar-refractivity contribution in [1.82, 2.24) is 4.98 Å². The number of rotatable bonds is 3. The van der Waals surface area contributed by atoms with Crippen molar-refractivity contribution in [3.63, 3.8) is 0 Å². The van der Waals surface area contributed by atoms with Gasteiger partial charge in [0, 0.05) is 25.9 Å². The molecule has 0 N–H and O–H groups in total. The average Bonchev–Trinajstić information content (AvgIpc) is 2.40. The molecule has 1 aliphatic heterocycles. The van der Waals surface area contributed by atoms with E-state index < -0.39 is 0 Å². The van der Waals surface area contributed by atoms with Gasteiger partial charge in [0.1, 0.15) is 18.0 Å². The maximum Gasteiger partial charge on any atom is 0.231 e. The highest BCUT2D eigenvalue weighted by Gasteiger charge is 2.28. The van der Waals surface area contributed by atoms with Crippen LogP contribution in [0.15, 0.2) is 23.5 Å². The van der Waals surface area contributed by atoms with Gasteiger partial charge in [-0.05, 0) is 12.1 Å². The molecule has 1 unspecified atom stereocenters. The summed E-state index contributed by atoms with van der Waals surface area (Å²) in [5.41, 5.74) is 0.472. The Labute approximate surface area is 104 Å². The number of hydrogen-bond donors (Lipinski definition) is 0. The van der Waals surface area contributed by atoms with Crippen LogP contribution < -0.4 is 4.90 Å². The molecule has 18 heavy (non-hydrogen) atoms. The molecule has 0 bridgehead atoms. The second-order valence-electron chi connectivity index (χ2n) is 3.91. The van der Waals surface area contributed by atoms with E-state index >= 15 is 0 Å². The minimum absolute atomic E-state index is 0.0629. The molecule has 1 aromatic heterocycles. The molecule has 1 aliphatic rings. The van der Waals surface area contributed by atoms with Gasteiger partial charge in [-0.1, -0.05) is 0 Å². The molecular formula is C12H12N4O2. The number of carbonyl (C=O) groups is 1. The highest BCUT2D eigenvalue weighted by Crippen LogP contribution is 2.20. The number of amides is 1. The fraction of sp³-hybridized carbons (Fsp3) is 0.333. The average molecular weight is 244 g/mol. The van der Waals surface area contributed by atoms with E-state index in [0.29, 0.717) is 24.3 Å². The van der Waals surface area contributed by atoms with Crippen LogP contribution in [0.5, 0.6) is 0 Å². The summed E-state index contributed by atoms with van der Waals surface area (Å²) in [6, 6.07) is 5.30. The van der Waals surface area contributed by atoms with Gasteiger partial charge in [0.2, 0.25) is 5.91 Å². The Hall–Kier alpha value is -2.42. The maximum atomic E-state index is 11.9. The molecule has 6 heteroatoms. The molecular weight excluding hydrogens is 232 g/mol. The molecule has 2 heterocycles. The zero-order valence-corrected chi connectivity index (χ0v) is 9.74. The SMILES string of the molecule is C=NOC1CCN(c2ccc(C#N)cn2)C(=O)C1. The van der Waals surface area contributed by atoms with Crippen LogP contribution in [0.1, 0.15) is 18.4 Å². The van der Waals surface area contributed by atoms with E-state index in [0.717, 1.165) is 0 Å². The fourth-order valence-corrected chi connectivity index (χ4v) is 1.85. The molecule has 0 aliphatic carbocycles. The summed E-state index contributed by atoms with van der Waals surface area (Å²) in [6.07, 6.45) is 2.20. The van der Waals surface area contributed by atoms with Crippen LogP contribution in [0, 0.1) is 11.3 Å². The number of oxime groups is 1. The molecule has 0 aromatic carbocycles. The molecule has 1 amide bonds. The molecule has 1 atom stereocenters. The monoisotopic (exact) mass is 244 g/mol. The number of piperidine rings is 1. The van der Waals surface area contributed by atoms with Crippen LogP contribution in [0.3, 0.4) is 0 Å². The van der Waals surface area contributed by atoms with E-state index in [9.17, 15) is 4.79 Å². The Morgan fingerprint density at radius 2 is 2.44 bits per heavy atom. The van der Waals surface area contributed by atoms with E-state index in [2.05, 4.69) is 16.9 Å². The third-order valence-electron chi connectivity index (χ3n) is 2.76. The van der Waals surface area contributed by atoms with Gasteiger partial charge in [0.05, 0.1) is 12.0 Å². The Balaban J connectivity index is 2.08. The Kier molecular flexibility index (Phi) is 3.53. The Morgan fingerprint density at radius 3 is 3.00 bits per heavy atom. The van der Waals surface area contributed by atoms with Gasteiger partial charge in [-0.15, -0.1) is 5.16 Å². The van der Waals surface area contributed by atoms with Crippen molar-refractivity contribution < 1.29 is 9.63 Å². The highest BCUT2D eigenvalue weighted by molar-refractivity contribution is 5.93. The predicted octanol–water partition coefficient (Wildman–Crippen LogP) is 1.08. The molecule has 0 spiro atoms. The molecule has 2 rings (SSSR count). The number of hydrogen-bond acceptors (Lipinski definition) is 5. The summed E-state index contributed by atoms with van der Waals surface area (Å²) in [5, 5.41) is 12.0. The van der Waals surface area contributed by atoms with Crippen molar-refractivity contribution in [2.24, 2.45) is 5.16 Å². The quantitative estimate of drug-likeness (QED) is 0.588. The van der Waals surface area contributed by atoms with Crippen LogP contribution in [-0.2, 0) is 9.63 Å². The number of carbonyl (C=O) groups excluding carboxylic acids is 1. The second kappa shape index (κ2) is 5.27. The van der Waals surface area contributed by atoms with E-state index in [-0.39, 0.29) is 18.4 Å². The summed E-state index contributed by atoms with van der Waals surface area (Å²) < 4.78 is 0. The van der Waals surface area contributed by atoms with Crippen molar-refractivity contribution >= 4 is 18.4 Å². The minimum Gasteiger partial charge on any atom is -0.392 e. The van der Waals surface area contributed by atoms with Gasteiger partial charge in [-0.2, -0.15) is 5.26 Å². The standard InChI is InChI=1S/C12H12N4O2/c1-14-18-10-4-5-16(12(17)6-10)11-3-2-9(7-13)8-15-11/h2-3,8,10H,1,4-6H2. The largest absolute Gasteiger partial charge is 0.392 e. The number of pyridine rings is 1. The van der Waals surface area contributed by atoms with Gasteiger partial charge in [0.15, 0.2) is 0 Å². The minimum atomic E-state index is -0.204. The smallest absolute Gasteiger partial charge is 0.231 e. The number of anilines is 1. The zero-order valence-electron chi connectivity index (χ0n) is 9.74. The van der Waals surface area contributed by atoms with E-state index in [4.69, 9.17) is 10.1 Å². The first-order valence-corrected chi connectivity index (χ1v) is 5.53. The summed E-state index contributed by atoms with van der Waals surface area (Å²) >= 11 is 0. The Bertz CT molecular complexity index is 492. The van der Waals surface area contributed by atoms with Crippen molar-refractivity contribution in [3.8, 4) is 6.07 Å². The number of aromatic nitrogens is 1. The lowest BCUT2D eigenvalue weighted by atomic mass is 10.1. The first-order valence-electron chi connectivity index (χ1n) is 5.53. The van der Waals surface area contributed by atoms with Crippen LogP contribution in [0.2, 0.25) is 0 Å². The van der Waals surface area contributed by atoms with Crippen molar-refractivity contribution in [2.75, 3.05) is 11.4 Å². The summed E-state index contributed by atoms with van der Waals surface area (Å²) in [5.74, 6) is 0.496. The molecule has 1 saturated heterocycles. The lowest BCUT2D eigenvalue weighted by Crippen LogP contribution is -2.41. The lowest BCUT2D eigenvalue weighted by Gasteiger charge is -2.29. The van der Waals surface area contributed by atoms with Crippen molar-refractivity contribution in [1.29, 1.82) is 5.26 Å². The fourth-order valence-electron chi connectivity index (χ4n) is 1.85. The lowest BCUT2D eigenvalue weighted by molar-refractivity contribution is -0.123. The highest BCUT2D eigenvalue weighted by atomic mass is 16.6. The van der Waals surface area contributed by atoms with E-state index in [1.807, 2.05) is 6.07 Å². The maximum absolute atomic E-state index is 11.9. The molecule has 1 aromatic rings. The number of nitrogens with zero attached hydrogens (tertiary/aromatic N) is 4. The first kappa shape index (κ1) is 12.0. The van der Waals surface area contributed by atoms with Gasteiger partial charge in [-0.3, -0.25) is 9.69 Å². The molecule has 1 fully saturated rings. The van der Waals surface area contributed by atoms with E-state index in [1.54, 1.807) is 17.0 Å². The predicted molar refractivity (Wildman–Crippen MR) is 65.0 cm³/mol. The van der Waals surface area contributed by atoms with Gasteiger partial charge >= 0.3 is 0 Å². The van der Waals surface area contributed by atoms with Crippen molar-refractivity contribution in [2.45, 2.75) is 18.9 Å². The third kappa shape index (κ3) is 2.46. The van der Waals surface area contributed by atoms with Gasteiger partial charge in [-0.25, -0.2) is 4.98 Å². The topological polar surface area (TPSA) is 78.6 Å².